The van der Waals surface area contributed by atoms with Crippen LogP contribution in [0.15, 0.2) is 58.8 Å². The Bertz CT molecular complexity index is 2230. The number of ether oxygens (including phenoxy) is 3. The highest BCUT2D eigenvalue weighted by Crippen LogP contribution is 2.23. The number of azo groups is 1. The topological polar surface area (TPSA) is 203 Å². The first-order chi connectivity index (χ1) is 42.7. The first kappa shape index (κ1) is 79.7. The molecule has 0 saturated heterocycles. The highest BCUT2D eigenvalue weighted by atomic mass is 16.5. The largest absolute Gasteiger partial charge is 0.494 e. The number of esters is 2. The number of nitrogens with zero attached hydrogens (tertiary/aromatic N) is 3. The number of hydrogen-bond donors (Lipinski definition) is 4. The predicted octanol–water partition coefficient (Wildman–Crippen LogP) is 16.7. The molecule has 0 fully saturated rings. The zero-order valence-corrected chi connectivity index (χ0v) is 57.8. The minimum atomic E-state index is -1.16. The third-order valence-corrected chi connectivity index (χ3v) is 16.0. The van der Waals surface area contributed by atoms with Gasteiger partial charge in [-0.2, -0.15) is 10.2 Å². The number of quaternary nitrogens is 1. The summed E-state index contributed by atoms with van der Waals surface area (Å²) >= 11 is 0. The van der Waals surface area contributed by atoms with Gasteiger partial charge in [0.1, 0.15) is 29.9 Å². The Morgan fingerprint density at radius 2 is 0.764 bits per heavy atom. The van der Waals surface area contributed by atoms with Gasteiger partial charge in [-0.1, -0.05) is 203 Å². The van der Waals surface area contributed by atoms with Crippen molar-refractivity contribution in [2.45, 2.75) is 291 Å². The van der Waals surface area contributed by atoms with E-state index in [9.17, 15) is 28.8 Å². The van der Waals surface area contributed by atoms with Gasteiger partial charge in [0.25, 0.3) is 5.91 Å². The average molecular weight is 1250 g/mol. The lowest BCUT2D eigenvalue weighted by Gasteiger charge is -2.28. The highest BCUT2D eigenvalue weighted by molar-refractivity contribution is 5.99. The van der Waals surface area contributed by atoms with Gasteiger partial charge < -0.3 is 40.0 Å². The second kappa shape index (κ2) is 49.3. The number of amides is 4. The monoisotopic (exact) mass is 1240 g/mol. The smallest absolute Gasteiger partial charge is 0.328 e. The lowest BCUT2D eigenvalue weighted by molar-refractivity contribution is -0.870. The predicted molar refractivity (Wildman–Crippen MR) is 363 cm³/mol. The molecule has 0 bridgehead atoms. The average Bonchev–Trinajstić information content (AvgIpc) is 2.76. The van der Waals surface area contributed by atoms with Gasteiger partial charge in [0.05, 0.1) is 58.9 Å². The number of rotatable bonds is 54. The maximum absolute atomic E-state index is 14.3. The molecule has 0 saturated carbocycles. The molecule has 2 aromatic rings. The van der Waals surface area contributed by atoms with Crippen LogP contribution < -0.4 is 26.0 Å². The van der Waals surface area contributed by atoms with Crippen molar-refractivity contribution in [2.75, 3.05) is 47.5 Å². The van der Waals surface area contributed by atoms with Gasteiger partial charge in [-0.05, 0) is 124 Å². The van der Waals surface area contributed by atoms with Crippen LogP contribution in [0.1, 0.15) is 278 Å². The quantitative estimate of drug-likeness (QED) is 0.0215. The number of hydrogen-bond acceptors (Lipinski definition) is 11. The number of unbranched alkanes of at least 4 members (excludes halogenated alkanes) is 25. The second-order valence-corrected chi connectivity index (χ2v) is 27.3. The molecule has 0 aliphatic rings. The Morgan fingerprint density at radius 1 is 0.416 bits per heavy atom. The number of nitrogens with one attached hydrogen (secondary N) is 4. The van der Waals surface area contributed by atoms with Gasteiger partial charge in [0.15, 0.2) is 0 Å². The van der Waals surface area contributed by atoms with Crippen LogP contribution in [0.5, 0.6) is 5.75 Å². The Labute approximate surface area is 540 Å². The maximum Gasteiger partial charge on any atom is 0.328 e. The van der Waals surface area contributed by atoms with E-state index in [2.05, 4.69) is 66.5 Å². The Hall–Kier alpha value is -5.38. The van der Waals surface area contributed by atoms with Crippen LogP contribution in [-0.2, 0) is 33.4 Å². The van der Waals surface area contributed by atoms with Crippen LogP contribution in [0.3, 0.4) is 0 Å². The fourth-order valence-electron chi connectivity index (χ4n) is 10.7. The molecule has 506 valence electrons. The zero-order valence-electron chi connectivity index (χ0n) is 57.8. The molecular weight excluding hydrogens is 1120 g/mol. The molecule has 2 rings (SSSR count). The molecule has 0 aliphatic heterocycles. The van der Waals surface area contributed by atoms with E-state index in [1.165, 1.54) is 129 Å². The van der Waals surface area contributed by atoms with Crippen LogP contribution in [0.25, 0.3) is 0 Å². The summed E-state index contributed by atoms with van der Waals surface area (Å²) < 4.78 is 18.3. The van der Waals surface area contributed by atoms with E-state index in [4.69, 9.17) is 14.2 Å². The molecule has 16 nitrogen and oxygen atoms in total. The highest BCUT2D eigenvalue weighted by Gasteiger charge is 2.33. The summed E-state index contributed by atoms with van der Waals surface area (Å²) in [5.74, 6) is -2.57. The van der Waals surface area contributed by atoms with Crippen LogP contribution in [0.4, 0.5) is 11.4 Å². The Kier molecular flexibility index (Phi) is 44.2. The van der Waals surface area contributed by atoms with Crippen molar-refractivity contribution in [1.82, 2.24) is 21.3 Å². The van der Waals surface area contributed by atoms with Crippen molar-refractivity contribution < 1.29 is 47.5 Å². The molecule has 0 aromatic heterocycles. The molecule has 0 radical (unpaired) electrons. The molecular formula is C73H126N7O9+. The van der Waals surface area contributed by atoms with E-state index in [1.807, 2.05) is 65.8 Å². The molecule has 4 amide bonds. The molecule has 89 heavy (non-hydrogen) atoms. The summed E-state index contributed by atoms with van der Waals surface area (Å²) in [6.07, 6.45) is 33.5. The van der Waals surface area contributed by atoms with Gasteiger partial charge in [0.2, 0.25) is 17.7 Å². The standard InChI is InChI=1S/C73H125N7O9/c1-12-14-16-18-20-22-25-30-34-38-52-88-68(81)49-48-64(73(86)89-53-39-35-31-26-23-21-19-17-15-13-2)74-70(83)66(55-58(5)6)76-72(85)67(56-59(7)8)77-71(84)65(54-57(3)4)75-69(82)60-40-42-61(43-41-60)78-79-62-44-46-63(47-45-62)87-51-37-33-29-27-24-28-32-36-50-80(9,10)11/h40-47,57-59,64-67H,12-39,48-56H2,1-11H3,(H3-,74,75,76,77,82,83,84,85)/p+1/t64-,65-,66-,67-/m0/s1. The lowest BCUT2D eigenvalue weighted by atomic mass is 9.98. The minimum Gasteiger partial charge on any atom is -0.494 e. The summed E-state index contributed by atoms with van der Waals surface area (Å²) in [7, 11) is 6.76. The van der Waals surface area contributed by atoms with Gasteiger partial charge in [-0.3, -0.25) is 24.0 Å². The number of carbonyl (C=O) groups is 6. The van der Waals surface area contributed by atoms with Gasteiger partial charge in [-0.25, -0.2) is 4.79 Å². The van der Waals surface area contributed by atoms with E-state index in [-0.39, 0.29) is 50.0 Å². The fraction of sp³-hybridized carbons (Fsp3) is 0.753. The van der Waals surface area contributed by atoms with Crippen LogP contribution >= 0.6 is 0 Å². The van der Waals surface area contributed by atoms with E-state index in [0.717, 1.165) is 61.6 Å². The first-order valence-corrected chi connectivity index (χ1v) is 35.3. The third-order valence-electron chi connectivity index (χ3n) is 16.0. The Morgan fingerprint density at radius 3 is 1.17 bits per heavy atom. The third kappa shape index (κ3) is 41.6. The molecule has 0 unspecified atom stereocenters. The van der Waals surface area contributed by atoms with Crippen LogP contribution in [0.2, 0.25) is 0 Å². The fourth-order valence-corrected chi connectivity index (χ4v) is 10.7. The second-order valence-electron chi connectivity index (χ2n) is 27.3. The number of carbonyl (C=O) groups excluding carboxylic acids is 6. The Balaban J connectivity index is 2.06. The molecule has 0 heterocycles. The van der Waals surface area contributed by atoms with E-state index >= 15 is 0 Å². The first-order valence-electron chi connectivity index (χ1n) is 35.3. The van der Waals surface area contributed by atoms with Crippen molar-refractivity contribution in [3.8, 4) is 5.75 Å². The molecule has 4 atom stereocenters. The van der Waals surface area contributed by atoms with Crippen molar-refractivity contribution in [2.24, 2.45) is 28.0 Å². The van der Waals surface area contributed by atoms with Crippen molar-refractivity contribution in [1.29, 1.82) is 0 Å². The molecule has 4 N–H and O–H groups in total. The molecule has 2 aromatic carbocycles. The summed E-state index contributed by atoms with van der Waals surface area (Å²) in [6.45, 7) is 18.5. The van der Waals surface area contributed by atoms with Crippen LogP contribution in [0, 0.1) is 17.8 Å². The summed E-state index contributed by atoms with van der Waals surface area (Å²) in [6, 6.07) is 9.84. The summed E-state index contributed by atoms with van der Waals surface area (Å²) in [4.78, 5) is 83.4. The lowest BCUT2D eigenvalue weighted by Crippen LogP contribution is -2.58. The van der Waals surface area contributed by atoms with Crippen LogP contribution in [-0.4, -0.2) is 112 Å². The SMILES string of the molecule is CCCCCCCCCCCCOC(=O)CC[C@H](NC(=O)[C@H](CC(C)C)NC(=O)[C@H](CC(C)C)NC(=O)[C@H](CC(C)C)NC(=O)c1ccc(N=Nc2ccc(OCCCCCCCCCC[N+](C)(C)C)cc2)cc1)C(=O)OCCCCCCCCCCCC. The summed E-state index contributed by atoms with van der Waals surface area (Å²) in [5, 5.41) is 20.3. The minimum absolute atomic E-state index is 0.00426. The van der Waals surface area contributed by atoms with E-state index < -0.39 is 59.7 Å². The molecule has 0 spiro atoms. The van der Waals surface area contributed by atoms with Crippen molar-refractivity contribution >= 4 is 46.9 Å². The van der Waals surface area contributed by atoms with Crippen molar-refractivity contribution in [3.05, 3.63) is 54.1 Å². The number of benzene rings is 2. The molecule has 16 heteroatoms. The van der Waals surface area contributed by atoms with E-state index in [0.29, 0.717) is 43.0 Å². The van der Waals surface area contributed by atoms with Gasteiger partial charge in [0, 0.05) is 12.0 Å². The van der Waals surface area contributed by atoms with Gasteiger partial charge in [-0.15, -0.1) is 0 Å². The van der Waals surface area contributed by atoms with Gasteiger partial charge >= 0.3 is 11.9 Å². The molecule has 0 aliphatic carbocycles. The summed E-state index contributed by atoms with van der Waals surface area (Å²) in [5.41, 5.74) is 1.52. The normalized spacial score (nSPS) is 13.1. The zero-order chi connectivity index (χ0) is 65.5. The van der Waals surface area contributed by atoms with Crippen molar-refractivity contribution in [3.63, 3.8) is 0 Å². The maximum atomic E-state index is 14.3. The van der Waals surface area contributed by atoms with E-state index in [1.54, 1.807) is 24.3 Å².